The smallest absolute Gasteiger partial charge is 0.262 e. The summed E-state index contributed by atoms with van der Waals surface area (Å²) in [5, 5.41) is 2.56. The van der Waals surface area contributed by atoms with E-state index in [1.807, 2.05) is 0 Å². The second-order valence-electron chi connectivity index (χ2n) is 5.70. The first kappa shape index (κ1) is 16.8. The molecule has 7 heteroatoms. The van der Waals surface area contributed by atoms with Crippen LogP contribution in [0.4, 0.5) is 8.78 Å². The van der Waals surface area contributed by atoms with Crippen LogP contribution < -0.4 is 5.32 Å². The van der Waals surface area contributed by atoms with Crippen LogP contribution in [0.3, 0.4) is 0 Å². The van der Waals surface area contributed by atoms with Crippen molar-refractivity contribution in [2.24, 2.45) is 0 Å². The van der Waals surface area contributed by atoms with Crippen LogP contribution in [-0.4, -0.2) is 29.2 Å². The Bertz CT molecular complexity index is 847. The zero-order valence-electron chi connectivity index (χ0n) is 13.3. The number of carbonyl (C=O) groups excluding carboxylic acids is 3. The van der Waals surface area contributed by atoms with Gasteiger partial charge in [0.1, 0.15) is 6.54 Å². The molecule has 2 aromatic carbocycles. The lowest BCUT2D eigenvalue weighted by Gasteiger charge is -2.18. The molecule has 2 aromatic rings. The maximum absolute atomic E-state index is 13.3. The Morgan fingerprint density at radius 2 is 1.64 bits per heavy atom. The lowest BCUT2D eigenvalue weighted by Crippen LogP contribution is -2.41. The minimum Gasteiger partial charge on any atom is -0.348 e. The lowest BCUT2D eigenvalue weighted by molar-refractivity contribution is -0.122. The molecule has 1 aliphatic heterocycles. The van der Waals surface area contributed by atoms with Gasteiger partial charge in [0.25, 0.3) is 11.8 Å². The Hall–Kier alpha value is -3.09. The van der Waals surface area contributed by atoms with Crippen molar-refractivity contribution < 1.29 is 23.2 Å². The van der Waals surface area contributed by atoms with Gasteiger partial charge in [-0.25, -0.2) is 8.78 Å². The lowest BCUT2D eigenvalue weighted by atomic mass is 10.1. The van der Waals surface area contributed by atoms with Gasteiger partial charge in [-0.15, -0.1) is 0 Å². The third-order valence-electron chi connectivity index (χ3n) is 4.00. The van der Waals surface area contributed by atoms with Gasteiger partial charge in [0.2, 0.25) is 5.91 Å². The van der Waals surface area contributed by atoms with E-state index in [0.717, 1.165) is 17.0 Å². The standard InChI is InChI=1S/C18H14F2N2O3/c1-10(11-6-7-14(19)15(20)8-11)21-16(23)9-22-17(24)12-4-2-3-5-13(12)18(22)25/h2-8,10H,9H2,1H3,(H,21,23). The molecule has 1 unspecified atom stereocenters. The van der Waals surface area contributed by atoms with Crippen LogP contribution in [0, 0.1) is 11.6 Å². The van der Waals surface area contributed by atoms with Crippen molar-refractivity contribution in [2.75, 3.05) is 6.54 Å². The van der Waals surface area contributed by atoms with Gasteiger partial charge in [0.15, 0.2) is 11.6 Å². The molecule has 3 amide bonds. The van der Waals surface area contributed by atoms with Crippen molar-refractivity contribution in [2.45, 2.75) is 13.0 Å². The second-order valence-corrected chi connectivity index (χ2v) is 5.70. The highest BCUT2D eigenvalue weighted by Crippen LogP contribution is 2.22. The van der Waals surface area contributed by atoms with Gasteiger partial charge < -0.3 is 5.32 Å². The van der Waals surface area contributed by atoms with E-state index in [-0.39, 0.29) is 11.1 Å². The first-order valence-corrected chi connectivity index (χ1v) is 7.58. The molecule has 0 bridgehead atoms. The first-order valence-electron chi connectivity index (χ1n) is 7.58. The van der Waals surface area contributed by atoms with Crippen molar-refractivity contribution >= 4 is 17.7 Å². The number of amides is 3. The number of nitrogens with zero attached hydrogens (tertiary/aromatic N) is 1. The van der Waals surface area contributed by atoms with E-state index in [9.17, 15) is 23.2 Å². The molecule has 25 heavy (non-hydrogen) atoms. The number of imide groups is 1. The fraction of sp³-hybridized carbons (Fsp3) is 0.167. The molecular formula is C18H14F2N2O3. The summed E-state index contributed by atoms with van der Waals surface area (Å²) < 4.78 is 26.2. The van der Waals surface area contributed by atoms with E-state index in [2.05, 4.69) is 5.32 Å². The number of fused-ring (bicyclic) bond motifs is 1. The van der Waals surface area contributed by atoms with Crippen molar-refractivity contribution in [3.8, 4) is 0 Å². The third kappa shape index (κ3) is 3.13. The summed E-state index contributed by atoms with van der Waals surface area (Å²) in [5.41, 5.74) is 0.887. The topological polar surface area (TPSA) is 66.5 Å². The number of benzene rings is 2. The van der Waals surface area contributed by atoms with E-state index < -0.39 is 41.9 Å². The molecule has 0 aromatic heterocycles. The molecule has 1 atom stereocenters. The van der Waals surface area contributed by atoms with Crippen molar-refractivity contribution in [1.82, 2.24) is 10.2 Å². The molecule has 1 N–H and O–H groups in total. The Balaban J connectivity index is 1.68. The van der Waals surface area contributed by atoms with Crippen LogP contribution in [0.25, 0.3) is 0 Å². The maximum atomic E-state index is 13.3. The molecular weight excluding hydrogens is 330 g/mol. The summed E-state index contributed by atoms with van der Waals surface area (Å²) in [6.45, 7) is 1.15. The van der Waals surface area contributed by atoms with Crippen LogP contribution in [-0.2, 0) is 4.79 Å². The molecule has 0 fully saturated rings. The molecule has 128 valence electrons. The highest BCUT2D eigenvalue weighted by molar-refractivity contribution is 6.22. The van der Waals surface area contributed by atoms with E-state index in [4.69, 9.17) is 0 Å². The fourth-order valence-electron chi connectivity index (χ4n) is 2.68. The summed E-state index contributed by atoms with van der Waals surface area (Å²) in [7, 11) is 0. The molecule has 1 heterocycles. The number of halogens is 2. The Morgan fingerprint density at radius 1 is 1.04 bits per heavy atom. The molecule has 0 spiro atoms. The van der Waals surface area contributed by atoms with Gasteiger partial charge in [0.05, 0.1) is 17.2 Å². The maximum Gasteiger partial charge on any atom is 0.262 e. The molecule has 5 nitrogen and oxygen atoms in total. The molecule has 3 rings (SSSR count). The molecule has 0 aliphatic carbocycles. The number of nitrogens with one attached hydrogen (secondary N) is 1. The minimum atomic E-state index is -1.01. The molecule has 0 saturated heterocycles. The predicted octanol–water partition coefficient (Wildman–Crippen LogP) is 2.44. The number of hydrogen-bond donors (Lipinski definition) is 1. The summed E-state index contributed by atoms with van der Waals surface area (Å²) in [4.78, 5) is 37.4. The van der Waals surface area contributed by atoms with E-state index in [0.29, 0.717) is 5.56 Å². The minimum absolute atomic E-state index is 0.258. The average molecular weight is 344 g/mol. The molecule has 1 aliphatic rings. The second kappa shape index (κ2) is 6.43. The van der Waals surface area contributed by atoms with Crippen LogP contribution in [0.15, 0.2) is 42.5 Å². The number of carbonyl (C=O) groups is 3. The molecule has 0 saturated carbocycles. The number of hydrogen-bond acceptors (Lipinski definition) is 3. The van der Waals surface area contributed by atoms with Crippen LogP contribution >= 0.6 is 0 Å². The normalized spacial score (nSPS) is 14.4. The fourth-order valence-corrected chi connectivity index (χ4v) is 2.68. The van der Waals surface area contributed by atoms with E-state index in [1.54, 1.807) is 19.1 Å². The van der Waals surface area contributed by atoms with E-state index >= 15 is 0 Å². The highest BCUT2D eigenvalue weighted by Gasteiger charge is 2.36. The Labute approximate surface area is 142 Å². The first-order chi connectivity index (χ1) is 11.9. The van der Waals surface area contributed by atoms with Gasteiger partial charge in [-0.1, -0.05) is 18.2 Å². The summed E-state index contributed by atoms with van der Waals surface area (Å²) in [5.74, 6) is -3.63. The van der Waals surface area contributed by atoms with Crippen LogP contribution in [0.5, 0.6) is 0 Å². The third-order valence-corrected chi connectivity index (χ3v) is 4.00. The van der Waals surface area contributed by atoms with Crippen molar-refractivity contribution in [1.29, 1.82) is 0 Å². The van der Waals surface area contributed by atoms with Gasteiger partial charge in [-0.2, -0.15) is 0 Å². The summed E-state index contributed by atoms with van der Waals surface area (Å²) >= 11 is 0. The van der Waals surface area contributed by atoms with Crippen LogP contribution in [0.1, 0.15) is 39.2 Å². The van der Waals surface area contributed by atoms with E-state index in [1.165, 1.54) is 18.2 Å². The predicted molar refractivity (Wildman–Crippen MR) is 84.7 cm³/mol. The summed E-state index contributed by atoms with van der Waals surface area (Å²) in [6.07, 6.45) is 0. The zero-order chi connectivity index (χ0) is 18.1. The molecule has 0 radical (unpaired) electrons. The number of rotatable bonds is 4. The monoisotopic (exact) mass is 344 g/mol. The van der Waals surface area contributed by atoms with Gasteiger partial charge >= 0.3 is 0 Å². The highest BCUT2D eigenvalue weighted by atomic mass is 19.2. The van der Waals surface area contributed by atoms with Gasteiger partial charge in [-0.05, 0) is 36.8 Å². The average Bonchev–Trinajstić information content (AvgIpc) is 2.82. The largest absolute Gasteiger partial charge is 0.348 e. The van der Waals surface area contributed by atoms with Crippen molar-refractivity contribution in [3.63, 3.8) is 0 Å². The van der Waals surface area contributed by atoms with Gasteiger partial charge in [0, 0.05) is 0 Å². The Morgan fingerprint density at radius 3 is 2.20 bits per heavy atom. The van der Waals surface area contributed by atoms with Gasteiger partial charge in [-0.3, -0.25) is 19.3 Å². The quantitative estimate of drug-likeness (QED) is 0.867. The Kier molecular flexibility index (Phi) is 4.31. The SMILES string of the molecule is CC(NC(=O)CN1C(=O)c2ccccc2C1=O)c1ccc(F)c(F)c1. The van der Waals surface area contributed by atoms with Crippen molar-refractivity contribution in [3.05, 3.63) is 70.8 Å². The zero-order valence-corrected chi connectivity index (χ0v) is 13.3. The van der Waals surface area contributed by atoms with Crippen LogP contribution in [0.2, 0.25) is 0 Å². The summed E-state index contributed by atoms with van der Waals surface area (Å²) in [6, 6.07) is 9.02.